The van der Waals surface area contributed by atoms with E-state index in [0.717, 1.165) is 31.7 Å². The molecule has 1 aromatic carbocycles. The second-order valence-corrected chi connectivity index (χ2v) is 6.73. The van der Waals surface area contributed by atoms with Crippen LogP contribution in [0.25, 0.3) is 0 Å². The highest BCUT2D eigenvalue weighted by molar-refractivity contribution is 5.81. The Morgan fingerprint density at radius 1 is 1.12 bits per heavy atom. The van der Waals surface area contributed by atoms with Gasteiger partial charge in [-0.3, -0.25) is 19.4 Å². The number of amides is 2. The lowest BCUT2D eigenvalue weighted by atomic mass is 10.0. The van der Waals surface area contributed by atoms with Gasteiger partial charge < -0.3 is 11.1 Å². The predicted octanol–water partition coefficient (Wildman–Crippen LogP) is 0.603. The van der Waals surface area contributed by atoms with Crippen molar-refractivity contribution in [3.63, 3.8) is 0 Å². The van der Waals surface area contributed by atoms with Gasteiger partial charge in [-0.05, 0) is 11.5 Å². The molecule has 3 N–H and O–H groups in total. The second-order valence-electron chi connectivity index (χ2n) is 6.73. The number of hydrogen-bond donors (Lipinski definition) is 2. The van der Waals surface area contributed by atoms with Gasteiger partial charge in [0.2, 0.25) is 11.8 Å². The lowest BCUT2D eigenvalue weighted by molar-refractivity contribution is -0.126. The van der Waals surface area contributed by atoms with Crippen molar-refractivity contribution >= 4 is 11.8 Å². The van der Waals surface area contributed by atoms with Crippen molar-refractivity contribution in [3.8, 4) is 0 Å². The van der Waals surface area contributed by atoms with E-state index in [1.54, 1.807) is 0 Å². The molecule has 0 aromatic heterocycles. The molecule has 1 heterocycles. The van der Waals surface area contributed by atoms with Gasteiger partial charge in [-0.15, -0.1) is 0 Å². The van der Waals surface area contributed by atoms with Gasteiger partial charge in [-0.25, -0.2) is 0 Å². The number of nitrogens with two attached hydrogens (primary N) is 1. The lowest BCUT2D eigenvalue weighted by Gasteiger charge is -2.38. The Kier molecular flexibility index (Phi) is 6.75. The van der Waals surface area contributed by atoms with E-state index in [2.05, 4.69) is 29.0 Å². The highest BCUT2D eigenvalue weighted by Gasteiger charge is 2.29. The van der Waals surface area contributed by atoms with Crippen molar-refractivity contribution < 1.29 is 9.59 Å². The Morgan fingerprint density at radius 2 is 1.75 bits per heavy atom. The summed E-state index contributed by atoms with van der Waals surface area (Å²) in [5, 5.41) is 2.94. The van der Waals surface area contributed by atoms with E-state index in [-0.39, 0.29) is 11.8 Å². The molecule has 1 aromatic rings. The van der Waals surface area contributed by atoms with E-state index in [9.17, 15) is 9.59 Å². The zero-order chi connectivity index (χ0) is 17.5. The molecule has 0 spiro atoms. The highest BCUT2D eigenvalue weighted by Crippen LogP contribution is 2.21. The molecule has 1 saturated heterocycles. The van der Waals surface area contributed by atoms with E-state index in [1.807, 2.05) is 30.3 Å². The average Bonchev–Trinajstić information content (AvgIpc) is 2.55. The van der Waals surface area contributed by atoms with Crippen LogP contribution < -0.4 is 11.1 Å². The fourth-order valence-corrected chi connectivity index (χ4v) is 2.95. The first-order valence-electron chi connectivity index (χ1n) is 8.54. The summed E-state index contributed by atoms with van der Waals surface area (Å²) in [6.45, 7) is 8.22. The fraction of sp³-hybridized carbons (Fsp3) is 0.556. The Hall–Kier alpha value is -1.92. The minimum atomic E-state index is -0.400. The third-order valence-corrected chi connectivity index (χ3v) is 4.23. The van der Waals surface area contributed by atoms with Crippen LogP contribution in [0.4, 0.5) is 0 Å². The number of primary amides is 1. The van der Waals surface area contributed by atoms with Crippen molar-refractivity contribution in [2.75, 3.05) is 39.3 Å². The maximum Gasteiger partial charge on any atom is 0.239 e. The Labute approximate surface area is 144 Å². The smallest absolute Gasteiger partial charge is 0.239 e. The second kappa shape index (κ2) is 8.80. The van der Waals surface area contributed by atoms with Crippen LogP contribution >= 0.6 is 0 Å². The molecule has 0 bridgehead atoms. The maximum atomic E-state index is 11.9. The first-order chi connectivity index (χ1) is 11.5. The van der Waals surface area contributed by atoms with Gasteiger partial charge in [0.05, 0.1) is 6.54 Å². The topological polar surface area (TPSA) is 78.7 Å². The number of carbonyl (C=O) groups is 2. The van der Waals surface area contributed by atoms with Gasteiger partial charge in [0.25, 0.3) is 0 Å². The van der Waals surface area contributed by atoms with Crippen LogP contribution in [0.15, 0.2) is 30.3 Å². The van der Waals surface area contributed by atoms with Crippen LogP contribution in [-0.2, 0) is 9.59 Å². The summed E-state index contributed by atoms with van der Waals surface area (Å²) in [4.78, 5) is 28.0. The third-order valence-electron chi connectivity index (χ3n) is 4.23. The van der Waals surface area contributed by atoms with Crippen LogP contribution in [0, 0.1) is 5.92 Å². The maximum absolute atomic E-state index is 11.9. The molecule has 1 aliphatic rings. The molecule has 0 aliphatic carbocycles. The fourth-order valence-electron chi connectivity index (χ4n) is 2.95. The number of rotatable bonds is 7. The Morgan fingerprint density at radius 3 is 2.29 bits per heavy atom. The van der Waals surface area contributed by atoms with Gasteiger partial charge in [0.1, 0.15) is 6.04 Å². The van der Waals surface area contributed by atoms with Gasteiger partial charge >= 0.3 is 0 Å². The number of benzene rings is 1. The molecule has 1 fully saturated rings. The van der Waals surface area contributed by atoms with Gasteiger partial charge in [-0.1, -0.05) is 44.2 Å². The molecule has 0 radical (unpaired) electrons. The summed E-state index contributed by atoms with van der Waals surface area (Å²) in [7, 11) is 0. The molecule has 24 heavy (non-hydrogen) atoms. The summed E-state index contributed by atoms with van der Waals surface area (Å²) < 4.78 is 0. The summed E-state index contributed by atoms with van der Waals surface area (Å²) in [6.07, 6.45) is 0. The Balaban J connectivity index is 1.87. The summed E-state index contributed by atoms with van der Waals surface area (Å²) >= 11 is 0. The van der Waals surface area contributed by atoms with Crippen molar-refractivity contribution in [3.05, 3.63) is 35.9 Å². The van der Waals surface area contributed by atoms with E-state index in [4.69, 9.17) is 5.73 Å². The standard InChI is InChI=1S/C18H28N4O2/c1-14(2)12-20-16(23)13-21-8-10-22(11-9-21)17(18(19)24)15-6-4-3-5-7-15/h3-7,14,17H,8-13H2,1-2H3,(H2,19,24)(H,20,23). The number of piperazine rings is 1. The Bertz CT molecular complexity index is 539. The van der Waals surface area contributed by atoms with E-state index in [0.29, 0.717) is 19.0 Å². The monoisotopic (exact) mass is 332 g/mol. The molecule has 6 heteroatoms. The molecular weight excluding hydrogens is 304 g/mol. The minimum absolute atomic E-state index is 0.0617. The van der Waals surface area contributed by atoms with E-state index in [1.165, 1.54) is 0 Å². The molecule has 2 rings (SSSR count). The number of nitrogens with one attached hydrogen (secondary N) is 1. The first kappa shape index (κ1) is 18.4. The average molecular weight is 332 g/mol. The predicted molar refractivity (Wildman–Crippen MR) is 94.2 cm³/mol. The minimum Gasteiger partial charge on any atom is -0.368 e. The van der Waals surface area contributed by atoms with Crippen molar-refractivity contribution in [1.29, 1.82) is 0 Å². The molecule has 2 amide bonds. The molecule has 132 valence electrons. The van der Waals surface area contributed by atoms with E-state index >= 15 is 0 Å². The molecular formula is C18H28N4O2. The van der Waals surface area contributed by atoms with E-state index < -0.39 is 6.04 Å². The first-order valence-corrected chi connectivity index (χ1v) is 8.54. The number of hydrogen-bond acceptors (Lipinski definition) is 4. The highest BCUT2D eigenvalue weighted by atomic mass is 16.2. The molecule has 1 aliphatic heterocycles. The third kappa shape index (κ3) is 5.32. The van der Waals surface area contributed by atoms with Gasteiger partial charge in [-0.2, -0.15) is 0 Å². The van der Waals surface area contributed by atoms with Crippen LogP contribution in [0.1, 0.15) is 25.5 Å². The van der Waals surface area contributed by atoms with Crippen LogP contribution in [0.3, 0.4) is 0 Å². The number of nitrogens with zero attached hydrogens (tertiary/aromatic N) is 2. The van der Waals surface area contributed by atoms with Gasteiger partial charge in [0, 0.05) is 32.7 Å². The quantitative estimate of drug-likeness (QED) is 0.766. The van der Waals surface area contributed by atoms with Gasteiger partial charge in [0.15, 0.2) is 0 Å². The molecule has 6 nitrogen and oxygen atoms in total. The molecule has 1 unspecified atom stereocenters. The normalized spacial score (nSPS) is 17.6. The SMILES string of the molecule is CC(C)CNC(=O)CN1CCN(C(C(N)=O)c2ccccc2)CC1. The lowest BCUT2D eigenvalue weighted by Crippen LogP contribution is -2.52. The van der Waals surface area contributed by atoms with Crippen molar-refractivity contribution in [2.45, 2.75) is 19.9 Å². The zero-order valence-corrected chi connectivity index (χ0v) is 14.6. The summed E-state index contributed by atoms with van der Waals surface area (Å²) in [5.41, 5.74) is 6.55. The largest absolute Gasteiger partial charge is 0.368 e. The van der Waals surface area contributed by atoms with Crippen LogP contribution in [0.2, 0.25) is 0 Å². The summed E-state index contributed by atoms with van der Waals surface area (Å²) in [6, 6.07) is 9.22. The summed E-state index contributed by atoms with van der Waals surface area (Å²) in [5.74, 6) is 0.184. The molecule has 0 saturated carbocycles. The number of carbonyl (C=O) groups excluding carboxylic acids is 2. The van der Waals surface area contributed by atoms with Crippen LogP contribution in [-0.4, -0.2) is 60.9 Å². The van der Waals surface area contributed by atoms with Crippen LogP contribution in [0.5, 0.6) is 0 Å². The zero-order valence-electron chi connectivity index (χ0n) is 14.6. The van der Waals surface area contributed by atoms with Crippen molar-refractivity contribution in [2.24, 2.45) is 11.7 Å². The van der Waals surface area contributed by atoms with Crippen molar-refractivity contribution in [1.82, 2.24) is 15.1 Å². The molecule has 1 atom stereocenters.